The fourth-order valence-corrected chi connectivity index (χ4v) is 3.63. The summed E-state index contributed by atoms with van der Waals surface area (Å²) in [6.45, 7) is 1.56. The average Bonchev–Trinajstić information content (AvgIpc) is 3.19. The molecule has 2 heterocycles. The zero-order valence-corrected chi connectivity index (χ0v) is 17.8. The Hall–Kier alpha value is -3.61. The number of furan rings is 1. The number of amides is 1. The Kier molecular flexibility index (Phi) is 7.43. The van der Waals surface area contributed by atoms with E-state index in [0.717, 1.165) is 4.90 Å². The molecule has 9 heteroatoms. The van der Waals surface area contributed by atoms with Crippen LogP contribution in [0.1, 0.15) is 22.6 Å². The van der Waals surface area contributed by atoms with Crippen LogP contribution in [0.5, 0.6) is 0 Å². The van der Waals surface area contributed by atoms with Crippen LogP contribution in [0, 0.1) is 18.3 Å². The Bertz CT molecular complexity index is 1190. The molecule has 0 atom stereocenters. The molecule has 0 aliphatic heterocycles. The number of hydrogen-bond donors (Lipinski definition) is 1. The van der Waals surface area contributed by atoms with Crippen LogP contribution in [0.25, 0.3) is 0 Å². The second kappa shape index (κ2) is 10.4. The number of benzene rings is 1. The highest BCUT2D eigenvalue weighted by molar-refractivity contribution is 7.99. The van der Waals surface area contributed by atoms with E-state index in [1.807, 2.05) is 42.5 Å². The van der Waals surface area contributed by atoms with Gasteiger partial charge in [0.1, 0.15) is 23.9 Å². The minimum absolute atomic E-state index is 0.0391. The van der Waals surface area contributed by atoms with E-state index in [9.17, 15) is 14.9 Å². The lowest BCUT2D eigenvalue weighted by atomic mass is 10.1. The van der Waals surface area contributed by atoms with Crippen LogP contribution >= 0.6 is 11.8 Å². The molecule has 8 nitrogen and oxygen atoms in total. The molecule has 2 aromatic heterocycles. The zero-order valence-electron chi connectivity index (χ0n) is 17.0. The summed E-state index contributed by atoms with van der Waals surface area (Å²) in [5.41, 5.74) is 2.82. The van der Waals surface area contributed by atoms with Gasteiger partial charge < -0.3 is 13.7 Å². The molecule has 0 saturated heterocycles. The third kappa shape index (κ3) is 5.72. The number of aryl methyl sites for hydroxylation is 1. The van der Waals surface area contributed by atoms with Crippen LogP contribution in [-0.2, 0) is 22.7 Å². The Labute approximate surface area is 183 Å². The van der Waals surface area contributed by atoms with Crippen molar-refractivity contribution in [3.05, 3.63) is 81.5 Å². The normalized spacial score (nSPS) is 10.9. The maximum absolute atomic E-state index is 12.5. The lowest BCUT2D eigenvalue weighted by molar-refractivity contribution is -0.121. The first-order valence-electron chi connectivity index (χ1n) is 9.29. The van der Waals surface area contributed by atoms with Gasteiger partial charge in [0, 0.05) is 23.3 Å². The van der Waals surface area contributed by atoms with Gasteiger partial charge in [-0.15, -0.1) is 0 Å². The van der Waals surface area contributed by atoms with E-state index >= 15 is 0 Å². The summed E-state index contributed by atoms with van der Waals surface area (Å²) in [5.74, 6) is -0.0296. The smallest absolute Gasteiger partial charge is 0.269 e. The van der Waals surface area contributed by atoms with Crippen molar-refractivity contribution in [2.75, 3.05) is 7.11 Å². The van der Waals surface area contributed by atoms with Gasteiger partial charge in [0.2, 0.25) is 0 Å². The van der Waals surface area contributed by atoms with Crippen molar-refractivity contribution in [1.82, 2.24) is 9.99 Å². The Morgan fingerprint density at radius 1 is 1.32 bits per heavy atom. The molecule has 1 N–H and O–H groups in total. The van der Waals surface area contributed by atoms with Crippen LogP contribution in [0.3, 0.4) is 0 Å². The standard InChI is InChI=1S/C22H20N4O4S/c1-15-10-16(14-29-2)19(11-23)22(28)26(15)13-20(27)25-24-12-17-8-9-21(30-17)31-18-6-4-3-5-7-18/h3-10,12H,13-14H2,1-2H3,(H,25,27)/b24-12-. The van der Waals surface area contributed by atoms with E-state index in [4.69, 9.17) is 9.15 Å². The fraction of sp³-hybridized carbons (Fsp3) is 0.182. The summed E-state index contributed by atoms with van der Waals surface area (Å²) in [6.07, 6.45) is 1.38. The third-order valence-corrected chi connectivity index (χ3v) is 5.18. The van der Waals surface area contributed by atoms with Gasteiger partial charge in [-0.25, -0.2) is 5.43 Å². The molecule has 0 radical (unpaired) electrons. The van der Waals surface area contributed by atoms with E-state index < -0.39 is 11.5 Å². The summed E-state index contributed by atoms with van der Waals surface area (Å²) in [7, 11) is 1.48. The number of nitrogens with zero attached hydrogens (tertiary/aromatic N) is 3. The quantitative estimate of drug-likeness (QED) is 0.429. The van der Waals surface area contributed by atoms with E-state index in [1.54, 1.807) is 19.1 Å². The first kappa shape index (κ1) is 22.1. The first-order chi connectivity index (χ1) is 15.0. The topological polar surface area (TPSA) is 110 Å². The molecule has 0 spiro atoms. The number of pyridine rings is 1. The molecule has 3 rings (SSSR count). The summed E-state index contributed by atoms with van der Waals surface area (Å²) < 4.78 is 11.9. The maximum atomic E-state index is 12.5. The maximum Gasteiger partial charge on any atom is 0.269 e. The third-order valence-electron chi connectivity index (χ3n) is 4.25. The minimum atomic E-state index is -0.540. The average molecular weight is 436 g/mol. The van der Waals surface area contributed by atoms with Gasteiger partial charge in [0.25, 0.3) is 11.5 Å². The SMILES string of the molecule is COCc1cc(C)n(CC(=O)N/N=C\c2ccc(Sc3ccccc3)o2)c(=O)c1C#N. The van der Waals surface area contributed by atoms with Gasteiger partial charge in [-0.05, 0) is 37.3 Å². The van der Waals surface area contributed by atoms with Gasteiger partial charge in [-0.3, -0.25) is 9.59 Å². The van der Waals surface area contributed by atoms with Crippen LogP contribution in [-0.4, -0.2) is 23.8 Å². The lowest BCUT2D eigenvalue weighted by Gasteiger charge is -2.12. The van der Waals surface area contributed by atoms with Crippen molar-refractivity contribution in [1.29, 1.82) is 5.26 Å². The molecule has 1 amide bonds. The first-order valence-corrected chi connectivity index (χ1v) is 10.1. The largest absolute Gasteiger partial charge is 0.448 e. The molecule has 0 bridgehead atoms. The number of carbonyl (C=O) groups is 1. The number of nitriles is 1. The van der Waals surface area contributed by atoms with Crippen molar-refractivity contribution < 1.29 is 13.9 Å². The van der Waals surface area contributed by atoms with Crippen LogP contribution in [0.4, 0.5) is 0 Å². The number of ether oxygens (including phenoxy) is 1. The number of methoxy groups -OCH3 is 1. The predicted octanol–water partition coefficient (Wildman–Crippen LogP) is 3.07. The number of hydrazone groups is 1. The van der Waals surface area contributed by atoms with Crippen LogP contribution < -0.4 is 11.0 Å². The van der Waals surface area contributed by atoms with Gasteiger partial charge in [0.05, 0.1) is 12.8 Å². The summed E-state index contributed by atoms with van der Waals surface area (Å²) in [6, 6.07) is 16.9. The molecule has 0 unspecified atom stereocenters. The Morgan fingerprint density at radius 3 is 2.81 bits per heavy atom. The van der Waals surface area contributed by atoms with Gasteiger partial charge >= 0.3 is 0 Å². The van der Waals surface area contributed by atoms with Crippen LogP contribution in [0.2, 0.25) is 0 Å². The minimum Gasteiger partial charge on any atom is -0.448 e. The fourth-order valence-electron chi connectivity index (χ4n) is 2.83. The van der Waals surface area contributed by atoms with Crippen molar-refractivity contribution in [2.24, 2.45) is 5.10 Å². The van der Waals surface area contributed by atoms with E-state index in [1.165, 1.54) is 29.7 Å². The molecule has 158 valence electrons. The molecule has 3 aromatic rings. The summed E-state index contributed by atoms with van der Waals surface area (Å²) >= 11 is 1.47. The van der Waals surface area contributed by atoms with Crippen molar-refractivity contribution in [2.45, 2.75) is 30.1 Å². The van der Waals surface area contributed by atoms with Gasteiger partial charge in [-0.2, -0.15) is 10.4 Å². The number of nitrogens with one attached hydrogen (secondary N) is 1. The number of carbonyl (C=O) groups excluding carboxylic acids is 1. The van der Waals surface area contributed by atoms with Gasteiger partial charge in [-0.1, -0.05) is 30.0 Å². The molecular weight excluding hydrogens is 416 g/mol. The molecule has 1 aromatic carbocycles. The Balaban J connectivity index is 1.63. The zero-order chi connectivity index (χ0) is 22.2. The molecule has 0 saturated carbocycles. The molecule has 31 heavy (non-hydrogen) atoms. The summed E-state index contributed by atoms with van der Waals surface area (Å²) in [5, 5.41) is 13.9. The van der Waals surface area contributed by atoms with Crippen molar-refractivity contribution >= 4 is 23.9 Å². The van der Waals surface area contributed by atoms with Crippen molar-refractivity contribution in [3.8, 4) is 6.07 Å². The van der Waals surface area contributed by atoms with E-state index in [-0.39, 0.29) is 18.7 Å². The molecule has 0 fully saturated rings. The molecular formula is C22H20N4O4S. The Morgan fingerprint density at radius 2 is 2.10 bits per heavy atom. The molecule has 0 aliphatic rings. The highest BCUT2D eigenvalue weighted by atomic mass is 32.2. The van der Waals surface area contributed by atoms with E-state index in [2.05, 4.69) is 10.5 Å². The number of aromatic nitrogens is 1. The predicted molar refractivity (Wildman–Crippen MR) is 116 cm³/mol. The highest BCUT2D eigenvalue weighted by Crippen LogP contribution is 2.28. The van der Waals surface area contributed by atoms with E-state index in [0.29, 0.717) is 22.1 Å². The second-order valence-electron chi connectivity index (χ2n) is 6.49. The monoisotopic (exact) mass is 436 g/mol. The van der Waals surface area contributed by atoms with Gasteiger partial charge in [0.15, 0.2) is 5.09 Å². The highest BCUT2D eigenvalue weighted by Gasteiger charge is 2.14. The van der Waals surface area contributed by atoms with Crippen LogP contribution in [0.15, 0.2) is 72.8 Å². The number of hydrogen-bond acceptors (Lipinski definition) is 7. The second-order valence-corrected chi connectivity index (χ2v) is 7.57. The lowest BCUT2D eigenvalue weighted by Crippen LogP contribution is -2.33. The number of rotatable bonds is 8. The molecule has 0 aliphatic carbocycles. The summed E-state index contributed by atoms with van der Waals surface area (Å²) in [4.78, 5) is 25.8. The van der Waals surface area contributed by atoms with Crippen molar-refractivity contribution in [3.63, 3.8) is 0 Å².